The number of hydrogen-bond acceptors (Lipinski definition) is 2. The molecule has 0 bridgehead atoms. The minimum Gasteiger partial charge on any atom is -0.299 e. The number of aromatic nitrogens is 1. The highest BCUT2D eigenvalue weighted by Gasteiger charge is 2.07. The first-order valence-corrected chi connectivity index (χ1v) is 4.87. The lowest BCUT2D eigenvalue weighted by atomic mass is 10.1. The maximum atomic E-state index is 5.94. The van der Waals surface area contributed by atoms with Gasteiger partial charge in [-0.15, -0.1) is 5.92 Å². The summed E-state index contributed by atoms with van der Waals surface area (Å²) in [5.74, 6) is 5.77. The van der Waals surface area contributed by atoms with Crippen molar-refractivity contribution in [3.8, 4) is 11.8 Å². The summed E-state index contributed by atoms with van der Waals surface area (Å²) < 4.78 is 0. The van der Waals surface area contributed by atoms with E-state index in [9.17, 15) is 0 Å². The van der Waals surface area contributed by atoms with E-state index < -0.39 is 0 Å². The summed E-state index contributed by atoms with van der Waals surface area (Å²) in [6.45, 7) is 4.53. The summed E-state index contributed by atoms with van der Waals surface area (Å²) in [4.78, 5) is 4.02. The van der Waals surface area contributed by atoms with E-state index >= 15 is 0 Å². The van der Waals surface area contributed by atoms with E-state index in [1.807, 2.05) is 26.0 Å². The van der Waals surface area contributed by atoms with Crippen molar-refractivity contribution >= 4 is 11.6 Å². The van der Waals surface area contributed by atoms with Crippen molar-refractivity contribution in [1.29, 1.82) is 0 Å². The Bertz CT molecular complexity index is 352. The van der Waals surface area contributed by atoms with Gasteiger partial charge in [-0.1, -0.05) is 23.6 Å². The molecule has 0 aromatic carbocycles. The van der Waals surface area contributed by atoms with Gasteiger partial charge in [-0.3, -0.25) is 5.32 Å². The third-order valence-corrected chi connectivity index (χ3v) is 2.24. The summed E-state index contributed by atoms with van der Waals surface area (Å²) in [7, 11) is 0. The van der Waals surface area contributed by atoms with Gasteiger partial charge in [-0.2, -0.15) is 0 Å². The van der Waals surface area contributed by atoms with Gasteiger partial charge in [-0.25, -0.2) is 4.98 Å². The van der Waals surface area contributed by atoms with E-state index in [1.54, 1.807) is 6.20 Å². The zero-order valence-corrected chi connectivity index (χ0v) is 9.10. The minimum atomic E-state index is 0.178. The third kappa shape index (κ3) is 3.02. The quantitative estimate of drug-likeness (QED) is 0.610. The molecule has 74 valence electrons. The average Bonchev–Trinajstić information content (AvgIpc) is 2.18. The Morgan fingerprint density at radius 2 is 2.43 bits per heavy atom. The molecule has 1 atom stereocenters. The van der Waals surface area contributed by atoms with E-state index in [1.165, 1.54) is 0 Å². The maximum absolute atomic E-state index is 5.94. The number of rotatable bonds is 3. The van der Waals surface area contributed by atoms with E-state index in [0.717, 1.165) is 5.56 Å². The van der Waals surface area contributed by atoms with Crippen LogP contribution < -0.4 is 5.32 Å². The van der Waals surface area contributed by atoms with Crippen molar-refractivity contribution in [3.05, 3.63) is 29.0 Å². The molecule has 0 spiro atoms. The van der Waals surface area contributed by atoms with Crippen LogP contribution in [-0.2, 0) is 0 Å². The molecule has 0 aliphatic heterocycles. The molecule has 1 aromatic heterocycles. The Balaban J connectivity index is 2.63. The van der Waals surface area contributed by atoms with Gasteiger partial charge in [0.05, 0.1) is 6.54 Å². The molecular formula is C11H13ClN2. The summed E-state index contributed by atoms with van der Waals surface area (Å²) in [5, 5.41) is 3.80. The van der Waals surface area contributed by atoms with Crippen LogP contribution in [-0.4, -0.2) is 11.5 Å². The van der Waals surface area contributed by atoms with Gasteiger partial charge >= 0.3 is 0 Å². The lowest BCUT2D eigenvalue weighted by Crippen LogP contribution is -2.19. The molecule has 1 rings (SSSR count). The number of halogens is 1. The largest absolute Gasteiger partial charge is 0.299 e. The highest BCUT2D eigenvalue weighted by atomic mass is 35.5. The van der Waals surface area contributed by atoms with Crippen LogP contribution in [0.5, 0.6) is 0 Å². The molecule has 1 unspecified atom stereocenters. The molecule has 0 saturated heterocycles. The van der Waals surface area contributed by atoms with Crippen molar-refractivity contribution in [3.63, 3.8) is 0 Å². The SMILES string of the molecule is CC#CCNC(C)c1cccnc1Cl. The molecule has 3 heteroatoms. The smallest absolute Gasteiger partial charge is 0.133 e. The highest BCUT2D eigenvalue weighted by molar-refractivity contribution is 6.30. The van der Waals surface area contributed by atoms with Crippen LogP contribution in [0.2, 0.25) is 5.15 Å². The lowest BCUT2D eigenvalue weighted by Gasteiger charge is -2.12. The standard InChI is InChI=1S/C11H13ClN2/c1-3-4-7-13-9(2)10-6-5-8-14-11(10)12/h5-6,8-9,13H,7H2,1-2H3. The zero-order chi connectivity index (χ0) is 10.4. The van der Waals surface area contributed by atoms with Gasteiger partial charge in [0, 0.05) is 17.8 Å². The summed E-state index contributed by atoms with van der Waals surface area (Å²) in [6.07, 6.45) is 1.68. The molecule has 0 saturated carbocycles. The van der Waals surface area contributed by atoms with Crippen LogP contribution in [0, 0.1) is 11.8 Å². The molecule has 0 fully saturated rings. The molecule has 1 N–H and O–H groups in total. The highest BCUT2D eigenvalue weighted by Crippen LogP contribution is 2.19. The Hall–Kier alpha value is -1.04. The fraction of sp³-hybridized carbons (Fsp3) is 0.364. The molecule has 14 heavy (non-hydrogen) atoms. The predicted molar refractivity (Wildman–Crippen MR) is 59.1 cm³/mol. The first-order valence-electron chi connectivity index (χ1n) is 4.49. The molecule has 2 nitrogen and oxygen atoms in total. The molecule has 0 amide bonds. The Morgan fingerprint density at radius 1 is 1.64 bits per heavy atom. The van der Waals surface area contributed by atoms with Crippen molar-refractivity contribution in [2.24, 2.45) is 0 Å². The van der Waals surface area contributed by atoms with E-state index in [4.69, 9.17) is 11.6 Å². The van der Waals surface area contributed by atoms with Gasteiger partial charge < -0.3 is 0 Å². The van der Waals surface area contributed by atoms with Crippen molar-refractivity contribution < 1.29 is 0 Å². The monoisotopic (exact) mass is 208 g/mol. The van der Waals surface area contributed by atoms with Crippen LogP contribution in [0.1, 0.15) is 25.5 Å². The molecule has 0 aliphatic carbocycles. The molecular weight excluding hydrogens is 196 g/mol. The third-order valence-electron chi connectivity index (χ3n) is 1.93. The van der Waals surface area contributed by atoms with Crippen LogP contribution in [0.3, 0.4) is 0 Å². The van der Waals surface area contributed by atoms with Crippen LogP contribution in [0.4, 0.5) is 0 Å². The van der Waals surface area contributed by atoms with Gasteiger partial charge in [0.15, 0.2) is 0 Å². The van der Waals surface area contributed by atoms with Gasteiger partial charge in [0.1, 0.15) is 5.15 Å². The van der Waals surface area contributed by atoms with Gasteiger partial charge in [-0.05, 0) is 19.9 Å². The Kier molecular flexibility index (Phi) is 4.45. The molecule has 1 aromatic rings. The second-order valence-corrected chi connectivity index (χ2v) is 3.27. The predicted octanol–water partition coefficient (Wildman–Crippen LogP) is 2.41. The van der Waals surface area contributed by atoms with Gasteiger partial charge in [0.2, 0.25) is 0 Å². The zero-order valence-electron chi connectivity index (χ0n) is 8.34. The van der Waals surface area contributed by atoms with Crippen molar-refractivity contribution in [2.45, 2.75) is 19.9 Å². The van der Waals surface area contributed by atoms with Crippen LogP contribution in [0.25, 0.3) is 0 Å². The normalized spacial score (nSPS) is 11.6. The fourth-order valence-electron chi connectivity index (χ4n) is 1.12. The summed E-state index contributed by atoms with van der Waals surface area (Å²) in [5.41, 5.74) is 1.01. The summed E-state index contributed by atoms with van der Waals surface area (Å²) in [6, 6.07) is 4.02. The van der Waals surface area contributed by atoms with Crippen molar-refractivity contribution in [1.82, 2.24) is 10.3 Å². The second-order valence-electron chi connectivity index (χ2n) is 2.91. The fourth-order valence-corrected chi connectivity index (χ4v) is 1.41. The first-order chi connectivity index (χ1) is 6.75. The molecule has 0 radical (unpaired) electrons. The number of nitrogens with one attached hydrogen (secondary N) is 1. The molecule has 0 aliphatic rings. The maximum Gasteiger partial charge on any atom is 0.133 e. The minimum absolute atomic E-state index is 0.178. The Morgan fingerprint density at radius 3 is 3.07 bits per heavy atom. The Labute approximate surface area is 89.7 Å². The number of hydrogen-bond donors (Lipinski definition) is 1. The van der Waals surface area contributed by atoms with Gasteiger partial charge in [0.25, 0.3) is 0 Å². The summed E-state index contributed by atoms with van der Waals surface area (Å²) >= 11 is 5.94. The number of pyridine rings is 1. The first kappa shape index (κ1) is 11.0. The van der Waals surface area contributed by atoms with E-state index in [0.29, 0.717) is 11.7 Å². The molecule has 1 heterocycles. The second kappa shape index (κ2) is 5.64. The number of nitrogens with zero attached hydrogens (tertiary/aromatic N) is 1. The van der Waals surface area contributed by atoms with E-state index in [2.05, 4.69) is 22.1 Å². The van der Waals surface area contributed by atoms with Crippen LogP contribution in [0.15, 0.2) is 18.3 Å². The van der Waals surface area contributed by atoms with Crippen LogP contribution >= 0.6 is 11.6 Å². The van der Waals surface area contributed by atoms with E-state index in [-0.39, 0.29) is 6.04 Å². The topological polar surface area (TPSA) is 24.9 Å². The average molecular weight is 209 g/mol. The lowest BCUT2D eigenvalue weighted by molar-refractivity contribution is 0.621. The van der Waals surface area contributed by atoms with Crippen molar-refractivity contribution in [2.75, 3.05) is 6.54 Å².